The molecule has 0 radical (unpaired) electrons. The van der Waals surface area contributed by atoms with E-state index >= 15 is 0 Å². The van der Waals surface area contributed by atoms with Gasteiger partial charge in [-0.1, -0.05) is 30.1 Å². The minimum absolute atomic E-state index is 0.980. The van der Waals surface area contributed by atoms with Crippen molar-refractivity contribution >= 4 is 0 Å². The molecule has 0 heterocycles. The molecule has 0 aromatic heterocycles. The summed E-state index contributed by atoms with van der Waals surface area (Å²) in [6.07, 6.45) is 10.5. The van der Waals surface area contributed by atoms with Crippen molar-refractivity contribution in [3.63, 3.8) is 0 Å². The van der Waals surface area contributed by atoms with Crippen LogP contribution >= 0.6 is 0 Å². The van der Waals surface area contributed by atoms with Gasteiger partial charge in [0.2, 0.25) is 0 Å². The van der Waals surface area contributed by atoms with Crippen molar-refractivity contribution in [3.8, 4) is 0 Å². The van der Waals surface area contributed by atoms with E-state index in [0.29, 0.717) is 0 Å². The Morgan fingerprint density at radius 2 is 2.23 bits per heavy atom. The standard InChI is InChI=1S/C13H20/c1-3-6-10(2)13-9-11-7-4-5-8-12(11)13/h3,11-12H,1,4-9H2,2H3/b13-10-. The molecule has 2 aliphatic carbocycles. The average molecular weight is 176 g/mol. The van der Waals surface area contributed by atoms with Gasteiger partial charge in [0.05, 0.1) is 0 Å². The molecule has 0 aromatic carbocycles. The fraction of sp³-hybridized carbons (Fsp3) is 0.692. The molecule has 0 spiro atoms. The summed E-state index contributed by atoms with van der Waals surface area (Å²) in [5, 5.41) is 0. The van der Waals surface area contributed by atoms with Crippen molar-refractivity contribution in [2.45, 2.75) is 45.4 Å². The molecule has 0 heteroatoms. The molecule has 0 nitrogen and oxygen atoms in total. The average Bonchev–Trinajstić information content (AvgIpc) is 2.07. The Labute approximate surface area is 81.7 Å². The molecule has 13 heavy (non-hydrogen) atoms. The first-order valence-corrected chi connectivity index (χ1v) is 5.62. The van der Waals surface area contributed by atoms with Crippen molar-refractivity contribution in [1.82, 2.24) is 0 Å². The fourth-order valence-electron chi connectivity index (χ4n) is 3.02. The van der Waals surface area contributed by atoms with Crippen molar-refractivity contribution < 1.29 is 0 Å². The monoisotopic (exact) mass is 176 g/mol. The van der Waals surface area contributed by atoms with Gasteiger partial charge < -0.3 is 0 Å². The molecule has 0 amide bonds. The van der Waals surface area contributed by atoms with Crippen LogP contribution in [0.25, 0.3) is 0 Å². The lowest BCUT2D eigenvalue weighted by atomic mass is 9.61. The number of allylic oxidation sites excluding steroid dienone is 3. The van der Waals surface area contributed by atoms with Gasteiger partial charge in [-0.25, -0.2) is 0 Å². The molecule has 0 bridgehead atoms. The van der Waals surface area contributed by atoms with Crippen molar-refractivity contribution in [2.75, 3.05) is 0 Å². The Bertz CT molecular complexity index is 234. The van der Waals surface area contributed by atoms with Crippen LogP contribution in [0.4, 0.5) is 0 Å². The van der Waals surface area contributed by atoms with Crippen LogP contribution in [0, 0.1) is 11.8 Å². The van der Waals surface area contributed by atoms with Gasteiger partial charge in [0, 0.05) is 0 Å². The van der Waals surface area contributed by atoms with Gasteiger partial charge in [0.25, 0.3) is 0 Å². The summed E-state index contributed by atoms with van der Waals surface area (Å²) in [4.78, 5) is 0. The topological polar surface area (TPSA) is 0 Å². The number of hydrogen-bond donors (Lipinski definition) is 0. The van der Waals surface area contributed by atoms with Crippen molar-refractivity contribution in [1.29, 1.82) is 0 Å². The van der Waals surface area contributed by atoms with E-state index in [1.807, 2.05) is 6.08 Å². The first-order chi connectivity index (χ1) is 6.33. The van der Waals surface area contributed by atoms with Crippen LogP contribution < -0.4 is 0 Å². The molecule has 2 fully saturated rings. The van der Waals surface area contributed by atoms with Gasteiger partial charge in [-0.2, -0.15) is 0 Å². The fourth-order valence-corrected chi connectivity index (χ4v) is 3.02. The van der Waals surface area contributed by atoms with Crippen LogP contribution in [0.2, 0.25) is 0 Å². The highest BCUT2D eigenvalue weighted by Gasteiger charge is 2.37. The molecule has 0 aromatic rings. The Balaban J connectivity index is 2.03. The molecule has 0 aliphatic heterocycles. The van der Waals surface area contributed by atoms with Crippen molar-refractivity contribution in [3.05, 3.63) is 23.8 Å². The highest BCUT2D eigenvalue weighted by atomic mass is 14.4. The molecule has 0 N–H and O–H groups in total. The van der Waals surface area contributed by atoms with E-state index in [1.165, 1.54) is 32.1 Å². The predicted molar refractivity (Wildman–Crippen MR) is 57.6 cm³/mol. The molecule has 0 saturated heterocycles. The summed E-state index contributed by atoms with van der Waals surface area (Å²) in [5.41, 5.74) is 3.39. The first kappa shape index (κ1) is 9.05. The third-order valence-corrected chi connectivity index (χ3v) is 3.84. The summed E-state index contributed by atoms with van der Waals surface area (Å²) in [5.74, 6) is 2.04. The molecule has 72 valence electrons. The van der Waals surface area contributed by atoms with Crippen LogP contribution in [0.1, 0.15) is 45.4 Å². The summed E-state index contributed by atoms with van der Waals surface area (Å²) in [7, 11) is 0. The summed E-state index contributed by atoms with van der Waals surface area (Å²) >= 11 is 0. The number of rotatable bonds is 2. The normalized spacial score (nSPS) is 36.1. The summed E-state index contributed by atoms with van der Waals surface area (Å²) in [6, 6.07) is 0. The molecular formula is C13H20. The summed E-state index contributed by atoms with van der Waals surface area (Å²) in [6.45, 7) is 6.10. The Morgan fingerprint density at radius 1 is 1.46 bits per heavy atom. The zero-order chi connectivity index (χ0) is 9.26. The highest BCUT2D eigenvalue weighted by Crippen LogP contribution is 2.50. The maximum absolute atomic E-state index is 3.81. The molecular weight excluding hydrogens is 156 g/mol. The Morgan fingerprint density at radius 3 is 2.92 bits per heavy atom. The van der Waals surface area contributed by atoms with Crippen LogP contribution in [-0.2, 0) is 0 Å². The molecule has 2 atom stereocenters. The van der Waals surface area contributed by atoms with Crippen LogP contribution in [0.15, 0.2) is 23.8 Å². The van der Waals surface area contributed by atoms with E-state index in [1.54, 1.807) is 11.1 Å². The van der Waals surface area contributed by atoms with Crippen LogP contribution in [0.3, 0.4) is 0 Å². The number of hydrogen-bond acceptors (Lipinski definition) is 0. The second-order valence-electron chi connectivity index (χ2n) is 4.65. The van der Waals surface area contributed by atoms with Crippen LogP contribution in [-0.4, -0.2) is 0 Å². The van der Waals surface area contributed by atoms with Gasteiger partial charge in [-0.05, 0) is 44.4 Å². The van der Waals surface area contributed by atoms with E-state index in [9.17, 15) is 0 Å². The lowest BCUT2D eigenvalue weighted by Crippen LogP contribution is -2.32. The minimum Gasteiger partial charge on any atom is -0.103 e. The Kier molecular flexibility index (Phi) is 2.57. The zero-order valence-electron chi connectivity index (χ0n) is 8.68. The third kappa shape index (κ3) is 1.59. The van der Waals surface area contributed by atoms with E-state index in [4.69, 9.17) is 0 Å². The minimum atomic E-state index is 0.980. The predicted octanol–water partition coefficient (Wildman–Crippen LogP) is 4.09. The largest absolute Gasteiger partial charge is 0.103 e. The van der Waals surface area contributed by atoms with Gasteiger partial charge in [-0.3, -0.25) is 0 Å². The first-order valence-electron chi connectivity index (χ1n) is 5.62. The quantitative estimate of drug-likeness (QED) is 0.556. The maximum atomic E-state index is 3.81. The second kappa shape index (κ2) is 3.69. The molecule has 2 rings (SSSR count). The lowest BCUT2D eigenvalue weighted by Gasteiger charge is -2.44. The highest BCUT2D eigenvalue weighted by molar-refractivity contribution is 5.26. The van der Waals surface area contributed by atoms with E-state index in [0.717, 1.165) is 18.3 Å². The Hall–Kier alpha value is -0.520. The lowest BCUT2D eigenvalue weighted by molar-refractivity contribution is 0.190. The zero-order valence-corrected chi connectivity index (χ0v) is 8.68. The van der Waals surface area contributed by atoms with Gasteiger partial charge in [0.1, 0.15) is 0 Å². The van der Waals surface area contributed by atoms with Gasteiger partial charge >= 0.3 is 0 Å². The smallest absolute Gasteiger partial charge is 0.0141 e. The SMILES string of the molecule is C=CC/C(C)=C1/CC2CCCCC12. The maximum Gasteiger partial charge on any atom is -0.0141 e. The van der Waals surface area contributed by atoms with Crippen LogP contribution in [0.5, 0.6) is 0 Å². The van der Waals surface area contributed by atoms with E-state index in [-0.39, 0.29) is 0 Å². The number of fused-ring (bicyclic) bond motifs is 1. The second-order valence-corrected chi connectivity index (χ2v) is 4.65. The van der Waals surface area contributed by atoms with Gasteiger partial charge in [-0.15, -0.1) is 6.58 Å². The summed E-state index contributed by atoms with van der Waals surface area (Å²) < 4.78 is 0. The van der Waals surface area contributed by atoms with E-state index in [2.05, 4.69) is 13.5 Å². The van der Waals surface area contributed by atoms with E-state index < -0.39 is 0 Å². The molecule has 2 aliphatic rings. The van der Waals surface area contributed by atoms with Crippen molar-refractivity contribution in [2.24, 2.45) is 11.8 Å². The third-order valence-electron chi connectivity index (χ3n) is 3.84. The van der Waals surface area contributed by atoms with Gasteiger partial charge in [0.15, 0.2) is 0 Å². The molecule has 2 saturated carbocycles. The molecule has 2 unspecified atom stereocenters.